The molecule has 60 valence electrons. The van der Waals surface area contributed by atoms with Crippen LogP contribution in [-0.2, 0) is 13.5 Å². The van der Waals surface area contributed by atoms with E-state index in [1.807, 2.05) is 0 Å². The first kappa shape index (κ1) is 8.25. The summed E-state index contributed by atoms with van der Waals surface area (Å²) in [5, 5.41) is 0. The fourth-order valence-corrected chi connectivity index (χ4v) is 1.32. The van der Waals surface area contributed by atoms with E-state index in [-0.39, 0.29) is 0 Å². The molecule has 0 unspecified atom stereocenters. The zero-order valence-corrected chi connectivity index (χ0v) is 7.81. The summed E-state index contributed by atoms with van der Waals surface area (Å²) >= 11 is 0. The first-order valence-electron chi connectivity index (χ1n) is 4.11. The normalized spacial score (nSPS) is 10.2. The largest absolute Gasteiger partial charge is 0.205 e. The molecule has 1 aromatic heterocycles. The number of aromatic nitrogens is 1. The Bertz CT molecular complexity index is 264. The van der Waals surface area contributed by atoms with Gasteiger partial charge in [0, 0.05) is 18.6 Å². The molecule has 1 nitrogen and oxygen atoms in total. The van der Waals surface area contributed by atoms with Gasteiger partial charge in [0.1, 0.15) is 7.05 Å². The molecule has 11 heavy (non-hydrogen) atoms. The molecule has 1 rings (SSSR count). The molecular formula is C10H16N+. The lowest BCUT2D eigenvalue weighted by molar-refractivity contribution is -0.678. The molecule has 0 radical (unpaired) electrons. The molecule has 1 heterocycles. The van der Waals surface area contributed by atoms with Gasteiger partial charge in [0.25, 0.3) is 0 Å². The Kier molecular flexibility index (Phi) is 2.28. The molecule has 0 saturated carbocycles. The van der Waals surface area contributed by atoms with Crippen molar-refractivity contribution in [3.63, 3.8) is 0 Å². The van der Waals surface area contributed by atoms with Crippen LogP contribution in [0, 0.1) is 13.8 Å². The maximum Gasteiger partial charge on any atom is 0.178 e. The molecule has 1 aromatic rings. The Morgan fingerprint density at radius 2 is 2.00 bits per heavy atom. The standard InChI is InChI=1S/C10H16N/c1-5-10-7-11(4)9(3)6-8(10)2/h6-7H,5H2,1-4H3/q+1. The van der Waals surface area contributed by atoms with Crippen LogP contribution < -0.4 is 4.57 Å². The zero-order valence-electron chi connectivity index (χ0n) is 7.81. The van der Waals surface area contributed by atoms with E-state index < -0.39 is 0 Å². The number of rotatable bonds is 1. The van der Waals surface area contributed by atoms with Crippen molar-refractivity contribution in [2.45, 2.75) is 27.2 Å². The Labute approximate surface area is 68.7 Å². The van der Waals surface area contributed by atoms with Crippen LogP contribution in [-0.4, -0.2) is 0 Å². The van der Waals surface area contributed by atoms with Gasteiger partial charge < -0.3 is 0 Å². The zero-order chi connectivity index (χ0) is 8.43. The number of aryl methyl sites for hydroxylation is 4. The van der Waals surface area contributed by atoms with E-state index in [0.29, 0.717) is 0 Å². The molecule has 0 aliphatic carbocycles. The number of nitrogens with zero attached hydrogens (tertiary/aromatic N) is 1. The minimum absolute atomic E-state index is 1.12. The smallest absolute Gasteiger partial charge is 0.178 e. The lowest BCUT2D eigenvalue weighted by Gasteiger charge is -2.01. The van der Waals surface area contributed by atoms with E-state index in [0.717, 1.165) is 6.42 Å². The third kappa shape index (κ3) is 1.59. The molecule has 0 aliphatic rings. The average Bonchev–Trinajstić information content (AvgIpc) is 1.97. The fourth-order valence-electron chi connectivity index (χ4n) is 1.32. The summed E-state index contributed by atoms with van der Waals surface area (Å²) in [5.74, 6) is 0. The molecule has 0 atom stereocenters. The maximum atomic E-state index is 2.23. The molecule has 0 saturated heterocycles. The Morgan fingerprint density at radius 3 is 2.55 bits per heavy atom. The van der Waals surface area contributed by atoms with Gasteiger partial charge in [-0.1, -0.05) is 6.92 Å². The summed E-state index contributed by atoms with van der Waals surface area (Å²) < 4.78 is 2.17. The second-order valence-electron chi connectivity index (χ2n) is 3.09. The molecule has 0 aliphatic heterocycles. The van der Waals surface area contributed by atoms with Gasteiger partial charge in [-0.3, -0.25) is 0 Å². The van der Waals surface area contributed by atoms with Gasteiger partial charge in [-0.05, 0) is 18.9 Å². The van der Waals surface area contributed by atoms with Gasteiger partial charge in [0.15, 0.2) is 11.9 Å². The molecule has 0 amide bonds. The Hall–Kier alpha value is -0.850. The minimum atomic E-state index is 1.12. The SMILES string of the molecule is CCc1c[n+](C)c(C)cc1C. The molecule has 0 spiro atoms. The highest BCUT2D eigenvalue weighted by molar-refractivity contribution is 5.21. The summed E-state index contributed by atoms with van der Waals surface area (Å²) in [6, 6.07) is 2.23. The van der Waals surface area contributed by atoms with Crippen LogP contribution in [0.5, 0.6) is 0 Å². The van der Waals surface area contributed by atoms with Gasteiger partial charge in [-0.2, -0.15) is 0 Å². The van der Waals surface area contributed by atoms with Crippen LogP contribution >= 0.6 is 0 Å². The van der Waals surface area contributed by atoms with Gasteiger partial charge >= 0.3 is 0 Å². The Balaban J connectivity index is 3.21. The highest BCUT2D eigenvalue weighted by atomic mass is 14.9. The molecule has 0 bridgehead atoms. The summed E-state index contributed by atoms with van der Waals surface area (Å²) in [6.07, 6.45) is 3.34. The number of hydrogen-bond acceptors (Lipinski definition) is 0. The first-order chi connectivity index (χ1) is 5.15. The topological polar surface area (TPSA) is 3.88 Å². The lowest BCUT2D eigenvalue weighted by Crippen LogP contribution is -2.32. The van der Waals surface area contributed by atoms with Crippen molar-refractivity contribution >= 4 is 0 Å². The highest BCUT2D eigenvalue weighted by Crippen LogP contribution is 2.06. The van der Waals surface area contributed by atoms with E-state index in [9.17, 15) is 0 Å². The first-order valence-corrected chi connectivity index (χ1v) is 4.11. The van der Waals surface area contributed by atoms with E-state index in [1.54, 1.807) is 0 Å². The summed E-state index contributed by atoms with van der Waals surface area (Å²) in [4.78, 5) is 0. The second-order valence-corrected chi connectivity index (χ2v) is 3.09. The Morgan fingerprint density at radius 1 is 1.36 bits per heavy atom. The average molecular weight is 150 g/mol. The molecule has 0 N–H and O–H groups in total. The van der Waals surface area contributed by atoms with Gasteiger partial charge in [-0.25, -0.2) is 4.57 Å². The van der Waals surface area contributed by atoms with E-state index >= 15 is 0 Å². The van der Waals surface area contributed by atoms with Crippen LogP contribution in [0.15, 0.2) is 12.3 Å². The van der Waals surface area contributed by atoms with Crippen LogP contribution in [0.4, 0.5) is 0 Å². The van der Waals surface area contributed by atoms with Crippen LogP contribution in [0.1, 0.15) is 23.7 Å². The summed E-state index contributed by atoms with van der Waals surface area (Å²) in [6.45, 7) is 6.50. The molecule has 0 aromatic carbocycles. The minimum Gasteiger partial charge on any atom is -0.205 e. The van der Waals surface area contributed by atoms with E-state index in [1.165, 1.54) is 16.8 Å². The van der Waals surface area contributed by atoms with Gasteiger partial charge in [0.2, 0.25) is 0 Å². The summed E-state index contributed by atoms with van der Waals surface area (Å²) in [5.41, 5.74) is 4.17. The predicted octanol–water partition coefficient (Wildman–Crippen LogP) is 1.69. The molecule has 1 heteroatoms. The van der Waals surface area contributed by atoms with Crippen molar-refractivity contribution in [3.8, 4) is 0 Å². The van der Waals surface area contributed by atoms with Crippen LogP contribution in [0.2, 0.25) is 0 Å². The van der Waals surface area contributed by atoms with Crippen LogP contribution in [0.3, 0.4) is 0 Å². The van der Waals surface area contributed by atoms with E-state index in [4.69, 9.17) is 0 Å². The predicted molar refractivity (Wildman–Crippen MR) is 46.5 cm³/mol. The van der Waals surface area contributed by atoms with E-state index in [2.05, 4.69) is 44.6 Å². The van der Waals surface area contributed by atoms with Crippen LogP contribution in [0.25, 0.3) is 0 Å². The monoisotopic (exact) mass is 150 g/mol. The quantitative estimate of drug-likeness (QED) is 0.536. The lowest BCUT2D eigenvalue weighted by atomic mass is 10.1. The highest BCUT2D eigenvalue weighted by Gasteiger charge is 2.04. The van der Waals surface area contributed by atoms with Crippen molar-refractivity contribution in [1.29, 1.82) is 0 Å². The van der Waals surface area contributed by atoms with Crippen molar-refractivity contribution < 1.29 is 4.57 Å². The molecular weight excluding hydrogens is 134 g/mol. The number of pyridine rings is 1. The summed E-state index contributed by atoms with van der Waals surface area (Å²) in [7, 11) is 2.09. The van der Waals surface area contributed by atoms with Crippen molar-refractivity contribution in [1.82, 2.24) is 0 Å². The van der Waals surface area contributed by atoms with Crippen molar-refractivity contribution in [3.05, 3.63) is 29.1 Å². The fraction of sp³-hybridized carbons (Fsp3) is 0.500. The van der Waals surface area contributed by atoms with Crippen molar-refractivity contribution in [2.75, 3.05) is 0 Å². The van der Waals surface area contributed by atoms with Crippen molar-refractivity contribution in [2.24, 2.45) is 7.05 Å². The van der Waals surface area contributed by atoms with Gasteiger partial charge in [0.05, 0.1) is 0 Å². The third-order valence-corrected chi connectivity index (χ3v) is 2.22. The molecule has 0 fully saturated rings. The number of hydrogen-bond donors (Lipinski definition) is 0. The van der Waals surface area contributed by atoms with Gasteiger partial charge in [-0.15, -0.1) is 0 Å². The maximum absolute atomic E-state index is 2.23. The third-order valence-electron chi connectivity index (χ3n) is 2.22. The second kappa shape index (κ2) is 3.04.